The number of carbonyl (C=O) groups excluding carboxylic acids is 2. The number of fused-ring (bicyclic) bond motifs is 2. The molecule has 1 N–H and O–H groups in total. The Bertz CT molecular complexity index is 1560. The quantitative estimate of drug-likeness (QED) is 0.452. The minimum atomic E-state index is -0.356. The lowest BCUT2D eigenvalue weighted by molar-refractivity contribution is 0.0958. The second-order valence-corrected chi connectivity index (χ2v) is 9.54. The molecule has 2 aromatic carbocycles. The van der Waals surface area contributed by atoms with Gasteiger partial charge in [-0.3, -0.25) is 14.4 Å². The Morgan fingerprint density at radius 1 is 1.11 bits per heavy atom. The summed E-state index contributed by atoms with van der Waals surface area (Å²) in [6.45, 7) is 3.77. The molecule has 4 aromatic rings. The monoisotopic (exact) mass is 496 g/mol. The standard InChI is InChI=1S/C28H28N6O3/c1-17-11-25-18(13-23(17)20-15-30-32(3)16-20)5-4-8-34(25)26-22-7-6-21(33-9-10-37-28(33)36)12-19(22)14-24(31-26)27(35)29-2/h6-7,11-16H,4-5,8-10H2,1-3H3,(H,29,35). The van der Waals surface area contributed by atoms with Gasteiger partial charge < -0.3 is 15.0 Å². The first-order chi connectivity index (χ1) is 17.9. The summed E-state index contributed by atoms with van der Waals surface area (Å²) >= 11 is 0. The highest BCUT2D eigenvalue weighted by molar-refractivity contribution is 6.03. The molecular formula is C28H28N6O3. The molecule has 0 spiro atoms. The van der Waals surface area contributed by atoms with Crippen LogP contribution in [-0.2, 0) is 18.2 Å². The number of pyridine rings is 1. The molecule has 2 amide bonds. The normalized spacial score (nSPS) is 15.2. The maximum atomic E-state index is 12.7. The number of anilines is 3. The number of aromatic nitrogens is 3. The van der Waals surface area contributed by atoms with E-state index >= 15 is 0 Å². The number of cyclic esters (lactones) is 1. The molecule has 4 heterocycles. The van der Waals surface area contributed by atoms with Gasteiger partial charge in [0.05, 0.1) is 12.7 Å². The minimum absolute atomic E-state index is 0.255. The molecule has 6 rings (SSSR count). The largest absolute Gasteiger partial charge is 0.447 e. The van der Waals surface area contributed by atoms with Crippen LogP contribution < -0.4 is 15.1 Å². The number of benzene rings is 2. The van der Waals surface area contributed by atoms with E-state index in [1.54, 1.807) is 18.0 Å². The molecule has 0 bridgehead atoms. The number of hydrogen-bond donors (Lipinski definition) is 1. The molecule has 1 saturated heterocycles. The smallest absolute Gasteiger partial charge is 0.414 e. The van der Waals surface area contributed by atoms with E-state index in [0.29, 0.717) is 18.8 Å². The summed E-state index contributed by atoms with van der Waals surface area (Å²) in [7, 11) is 3.53. The second-order valence-electron chi connectivity index (χ2n) is 9.54. The molecule has 0 atom stereocenters. The maximum Gasteiger partial charge on any atom is 0.414 e. The Morgan fingerprint density at radius 2 is 1.97 bits per heavy atom. The molecule has 0 unspecified atom stereocenters. The Kier molecular flexibility index (Phi) is 5.55. The van der Waals surface area contributed by atoms with E-state index in [-0.39, 0.29) is 12.0 Å². The Morgan fingerprint density at radius 3 is 2.70 bits per heavy atom. The highest BCUT2D eigenvalue weighted by Crippen LogP contribution is 2.40. The van der Waals surface area contributed by atoms with Gasteiger partial charge in [-0.1, -0.05) is 0 Å². The third-order valence-corrected chi connectivity index (χ3v) is 7.14. The van der Waals surface area contributed by atoms with Crippen LogP contribution in [-0.4, -0.2) is 53.5 Å². The predicted octanol–water partition coefficient (Wildman–Crippen LogP) is 4.34. The molecule has 0 aliphatic carbocycles. The summed E-state index contributed by atoms with van der Waals surface area (Å²) in [5.41, 5.74) is 6.85. The van der Waals surface area contributed by atoms with Crippen molar-refractivity contribution in [2.24, 2.45) is 7.05 Å². The maximum absolute atomic E-state index is 12.7. The number of amides is 2. The van der Waals surface area contributed by atoms with Crippen LogP contribution in [0.15, 0.2) is 48.8 Å². The fourth-order valence-electron chi connectivity index (χ4n) is 5.30. The zero-order valence-electron chi connectivity index (χ0n) is 21.1. The van der Waals surface area contributed by atoms with Crippen LogP contribution in [0.2, 0.25) is 0 Å². The summed E-state index contributed by atoms with van der Waals surface area (Å²) in [4.78, 5) is 33.5. The number of ether oxygens (including phenoxy) is 1. The van der Waals surface area contributed by atoms with Crippen molar-refractivity contribution < 1.29 is 14.3 Å². The van der Waals surface area contributed by atoms with Crippen molar-refractivity contribution in [3.8, 4) is 11.1 Å². The molecule has 2 aliphatic heterocycles. The Hall–Kier alpha value is -4.40. The van der Waals surface area contributed by atoms with Gasteiger partial charge in [0.1, 0.15) is 18.1 Å². The summed E-state index contributed by atoms with van der Waals surface area (Å²) < 4.78 is 6.94. The zero-order valence-corrected chi connectivity index (χ0v) is 21.1. The second kappa shape index (κ2) is 8.92. The van der Waals surface area contributed by atoms with Crippen LogP contribution in [0.1, 0.15) is 28.0 Å². The first kappa shape index (κ1) is 23.0. The number of nitrogens with zero attached hydrogens (tertiary/aromatic N) is 5. The highest BCUT2D eigenvalue weighted by atomic mass is 16.6. The first-order valence-corrected chi connectivity index (χ1v) is 12.4. The van der Waals surface area contributed by atoms with Crippen LogP contribution in [0.3, 0.4) is 0 Å². The highest BCUT2D eigenvalue weighted by Gasteiger charge is 2.27. The van der Waals surface area contributed by atoms with Gasteiger partial charge in [-0.15, -0.1) is 0 Å². The third-order valence-electron chi connectivity index (χ3n) is 7.14. The molecule has 0 radical (unpaired) electrons. The van der Waals surface area contributed by atoms with Crippen molar-refractivity contribution in [3.05, 3.63) is 65.6 Å². The lowest BCUT2D eigenvalue weighted by Crippen LogP contribution is -2.27. The Balaban J connectivity index is 1.50. The van der Waals surface area contributed by atoms with Gasteiger partial charge in [-0.2, -0.15) is 5.10 Å². The SMILES string of the molecule is CNC(=O)c1cc2cc(N3CCOC3=O)ccc2c(N2CCCc3cc(-c4cnn(C)c4)c(C)cc32)n1. The van der Waals surface area contributed by atoms with Gasteiger partial charge in [0.25, 0.3) is 5.91 Å². The van der Waals surface area contributed by atoms with E-state index in [1.807, 2.05) is 42.3 Å². The molecule has 1 fully saturated rings. The van der Waals surface area contributed by atoms with E-state index in [1.165, 1.54) is 11.1 Å². The van der Waals surface area contributed by atoms with E-state index in [2.05, 4.69) is 34.4 Å². The minimum Gasteiger partial charge on any atom is -0.447 e. The van der Waals surface area contributed by atoms with E-state index in [4.69, 9.17) is 9.72 Å². The van der Waals surface area contributed by atoms with Crippen molar-refractivity contribution in [1.82, 2.24) is 20.1 Å². The van der Waals surface area contributed by atoms with Crippen LogP contribution in [0.25, 0.3) is 21.9 Å². The number of hydrogen-bond acceptors (Lipinski definition) is 6. The Labute approximate surface area is 214 Å². The van der Waals surface area contributed by atoms with Gasteiger partial charge in [0.2, 0.25) is 0 Å². The fraction of sp³-hybridized carbons (Fsp3) is 0.286. The van der Waals surface area contributed by atoms with Crippen molar-refractivity contribution in [3.63, 3.8) is 0 Å². The fourth-order valence-corrected chi connectivity index (χ4v) is 5.30. The number of nitrogens with one attached hydrogen (secondary N) is 1. The van der Waals surface area contributed by atoms with Gasteiger partial charge in [0, 0.05) is 49.2 Å². The third kappa shape index (κ3) is 3.96. The summed E-state index contributed by atoms with van der Waals surface area (Å²) in [5.74, 6) is 0.482. The molecule has 2 aromatic heterocycles. The van der Waals surface area contributed by atoms with Gasteiger partial charge in [0.15, 0.2) is 0 Å². The van der Waals surface area contributed by atoms with Gasteiger partial charge >= 0.3 is 6.09 Å². The van der Waals surface area contributed by atoms with Gasteiger partial charge in [-0.05, 0) is 78.2 Å². The van der Waals surface area contributed by atoms with Crippen LogP contribution in [0, 0.1) is 6.92 Å². The molecular weight excluding hydrogens is 468 g/mol. The lowest BCUT2D eigenvalue weighted by Gasteiger charge is -2.32. The molecule has 9 nitrogen and oxygen atoms in total. The van der Waals surface area contributed by atoms with Crippen molar-refractivity contribution in [2.75, 3.05) is 36.5 Å². The molecule has 2 aliphatic rings. The van der Waals surface area contributed by atoms with E-state index in [0.717, 1.165) is 58.5 Å². The van der Waals surface area contributed by atoms with Crippen LogP contribution >= 0.6 is 0 Å². The predicted molar refractivity (Wildman–Crippen MR) is 143 cm³/mol. The van der Waals surface area contributed by atoms with E-state index in [9.17, 15) is 9.59 Å². The summed E-state index contributed by atoms with van der Waals surface area (Å²) in [5, 5.41) is 8.81. The number of carbonyl (C=O) groups is 2. The molecule has 0 saturated carbocycles. The first-order valence-electron chi connectivity index (χ1n) is 12.4. The molecule has 9 heteroatoms. The topological polar surface area (TPSA) is 92.6 Å². The van der Waals surface area contributed by atoms with Crippen LogP contribution in [0.5, 0.6) is 0 Å². The van der Waals surface area contributed by atoms with Crippen molar-refractivity contribution in [2.45, 2.75) is 19.8 Å². The summed E-state index contributed by atoms with van der Waals surface area (Å²) in [6, 6.07) is 12.1. The number of aryl methyl sites for hydroxylation is 3. The average molecular weight is 497 g/mol. The van der Waals surface area contributed by atoms with Crippen molar-refractivity contribution >= 4 is 40.0 Å². The zero-order chi connectivity index (χ0) is 25.7. The van der Waals surface area contributed by atoms with Crippen molar-refractivity contribution in [1.29, 1.82) is 0 Å². The lowest BCUT2D eigenvalue weighted by atomic mass is 9.93. The van der Waals surface area contributed by atoms with Crippen LogP contribution in [0.4, 0.5) is 22.0 Å². The average Bonchev–Trinajstić information content (AvgIpc) is 3.54. The number of rotatable bonds is 4. The summed E-state index contributed by atoms with van der Waals surface area (Å²) in [6.07, 6.45) is 5.50. The molecule has 188 valence electrons. The molecule has 37 heavy (non-hydrogen) atoms. The van der Waals surface area contributed by atoms with Gasteiger partial charge in [-0.25, -0.2) is 9.78 Å². The van der Waals surface area contributed by atoms with E-state index < -0.39 is 0 Å².